The molecular weight excluding hydrogens is 380 g/mol. The smallest absolute Gasteiger partial charge is 0.339 e. The zero-order valence-electron chi connectivity index (χ0n) is 15.6. The van der Waals surface area contributed by atoms with E-state index in [0.717, 1.165) is 27.4 Å². The second-order valence-corrected chi connectivity index (χ2v) is 6.40. The minimum absolute atomic E-state index is 0.286. The summed E-state index contributed by atoms with van der Waals surface area (Å²) in [6, 6.07) is 10.9. The summed E-state index contributed by atoms with van der Waals surface area (Å²) in [6.07, 6.45) is 3.64. The maximum atomic E-state index is 11.4. The summed E-state index contributed by atoms with van der Waals surface area (Å²) in [5.41, 5.74) is 3.91. The number of aromatic amines is 2. The zero-order valence-corrected chi connectivity index (χ0v) is 16.4. The molecule has 144 valence electrons. The zero-order chi connectivity index (χ0) is 20.3. The average molecular weight is 399 g/mol. The van der Waals surface area contributed by atoms with Crippen molar-refractivity contribution in [3.8, 4) is 0 Å². The van der Waals surface area contributed by atoms with E-state index in [1.165, 1.54) is 14.2 Å². The molecule has 0 bridgehead atoms. The van der Waals surface area contributed by atoms with Crippen molar-refractivity contribution in [3.05, 3.63) is 70.5 Å². The molecule has 0 saturated carbocycles. The Kier molecular flexibility index (Phi) is 5.70. The predicted octanol–water partition coefficient (Wildman–Crippen LogP) is 4.87. The van der Waals surface area contributed by atoms with E-state index in [9.17, 15) is 9.59 Å². The van der Waals surface area contributed by atoms with E-state index < -0.39 is 5.97 Å². The van der Waals surface area contributed by atoms with E-state index in [-0.39, 0.29) is 5.97 Å². The van der Waals surface area contributed by atoms with Crippen LogP contribution in [0.1, 0.15) is 26.3 Å². The van der Waals surface area contributed by atoms with Crippen LogP contribution in [0.2, 0.25) is 5.02 Å². The first-order valence-corrected chi connectivity index (χ1v) is 8.84. The Hall–Kier alpha value is -3.25. The molecular formula is C21H19ClN2O4. The number of esters is 2. The Labute approximate surface area is 166 Å². The predicted molar refractivity (Wildman–Crippen MR) is 109 cm³/mol. The summed E-state index contributed by atoms with van der Waals surface area (Å²) < 4.78 is 9.30. The number of hydrogen-bond donors (Lipinski definition) is 2. The number of nitrogens with one attached hydrogen (secondary N) is 2. The van der Waals surface area contributed by atoms with Crippen LogP contribution < -0.4 is 0 Å². The molecule has 2 N–H and O–H groups in total. The van der Waals surface area contributed by atoms with Gasteiger partial charge in [-0.3, -0.25) is 0 Å². The lowest BCUT2D eigenvalue weighted by molar-refractivity contribution is 0.0591. The summed E-state index contributed by atoms with van der Waals surface area (Å²) in [7, 11) is 2.73. The highest BCUT2D eigenvalue weighted by Gasteiger charge is 2.13. The number of carbonyl (C=O) groups excluding carboxylic acids is 2. The van der Waals surface area contributed by atoms with Gasteiger partial charge >= 0.3 is 11.9 Å². The first-order chi connectivity index (χ1) is 13.5. The van der Waals surface area contributed by atoms with Gasteiger partial charge in [0.2, 0.25) is 0 Å². The van der Waals surface area contributed by atoms with Crippen LogP contribution in [-0.2, 0) is 9.47 Å². The van der Waals surface area contributed by atoms with Crippen LogP contribution in [0.15, 0.2) is 48.8 Å². The fourth-order valence-electron chi connectivity index (χ4n) is 2.98. The van der Waals surface area contributed by atoms with E-state index >= 15 is 0 Å². The molecule has 0 aliphatic carbocycles. The van der Waals surface area contributed by atoms with Gasteiger partial charge in [0, 0.05) is 34.2 Å². The molecule has 0 amide bonds. The number of methoxy groups -OCH3 is 2. The van der Waals surface area contributed by atoms with Gasteiger partial charge in [-0.25, -0.2) is 9.59 Å². The number of fused-ring (bicyclic) bond motifs is 2. The van der Waals surface area contributed by atoms with Gasteiger partial charge in [-0.2, -0.15) is 0 Å². The minimum Gasteiger partial charge on any atom is -0.465 e. The van der Waals surface area contributed by atoms with Crippen molar-refractivity contribution in [3.63, 3.8) is 0 Å². The second kappa shape index (κ2) is 8.19. The average Bonchev–Trinajstić information content (AvgIpc) is 3.38. The highest BCUT2D eigenvalue weighted by molar-refractivity contribution is 6.38. The van der Waals surface area contributed by atoms with Crippen LogP contribution in [-0.4, -0.2) is 36.1 Å². The van der Waals surface area contributed by atoms with Gasteiger partial charge in [-0.15, -0.1) is 0 Å². The lowest BCUT2D eigenvalue weighted by Gasteiger charge is -2.04. The normalized spacial score (nSPS) is 10.4. The molecule has 7 heteroatoms. The Bertz CT molecular complexity index is 1070. The standard InChI is InChI=1S/C11H11NO2.C10H8ClNO2/c1-7-8-5-6-12-10(8)4-3-9(7)11(13)14-2;1-14-10(13)7-2-3-8-6(9(7)11)4-5-12-8/h3-6,12H,1-2H3;2-5,12H,1H3. The molecule has 4 rings (SSSR count). The molecule has 28 heavy (non-hydrogen) atoms. The molecule has 0 atom stereocenters. The Morgan fingerprint density at radius 1 is 0.786 bits per heavy atom. The van der Waals surface area contributed by atoms with Crippen LogP contribution in [0.3, 0.4) is 0 Å². The fourth-order valence-corrected chi connectivity index (χ4v) is 3.28. The summed E-state index contributed by atoms with van der Waals surface area (Å²) in [6.45, 7) is 1.92. The third-order valence-electron chi connectivity index (χ3n) is 4.48. The number of H-pyrrole nitrogens is 2. The minimum atomic E-state index is -0.418. The molecule has 6 nitrogen and oxygen atoms in total. The molecule has 2 aromatic carbocycles. The number of benzene rings is 2. The molecule has 0 radical (unpaired) electrons. The monoisotopic (exact) mass is 398 g/mol. The van der Waals surface area contributed by atoms with Crippen LogP contribution in [0, 0.1) is 6.92 Å². The molecule has 2 heterocycles. The molecule has 0 aliphatic heterocycles. The van der Waals surface area contributed by atoms with Gasteiger partial charge in [0.05, 0.1) is 30.4 Å². The van der Waals surface area contributed by atoms with Crippen molar-refractivity contribution in [2.45, 2.75) is 6.92 Å². The van der Waals surface area contributed by atoms with Crippen LogP contribution >= 0.6 is 11.6 Å². The maximum absolute atomic E-state index is 11.4. The Morgan fingerprint density at radius 3 is 1.89 bits per heavy atom. The Morgan fingerprint density at radius 2 is 1.29 bits per heavy atom. The van der Waals surface area contributed by atoms with E-state index in [1.54, 1.807) is 24.4 Å². The Balaban J connectivity index is 0.000000161. The van der Waals surface area contributed by atoms with E-state index in [4.69, 9.17) is 16.3 Å². The molecule has 2 aromatic heterocycles. The number of rotatable bonds is 2. The molecule has 0 unspecified atom stereocenters. The van der Waals surface area contributed by atoms with E-state index in [0.29, 0.717) is 16.1 Å². The summed E-state index contributed by atoms with van der Waals surface area (Å²) >= 11 is 6.04. The molecule has 0 fully saturated rings. The third-order valence-corrected chi connectivity index (χ3v) is 4.89. The quantitative estimate of drug-likeness (QED) is 0.472. The lowest BCUT2D eigenvalue weighted by atomic mass is 10.0. The summed E-state index contributed by atoms with van der Waals surface area (Å²) in [5.74, 6) is -0.705. The fraction of sp³-hybridized carbons (Fsp3) is 0.143. The van der Waals surface area contributed by atoms with E-state index in [1.807, 2.05) is 31.3 Å². The summed E-state index contributed by atoms with van der Waals surface area (Å²) in [4.78, 5) is 28.8. The number of aryl methyl sites for hydroxylation is 1. The van der Waals surface area contributed by atoms with Gasteiger partial charge in [-0.05, 0) is 48.9 Å². The molecule has 4 aromatic rings. The number of hydrogen-bond acceptors (Lipinski definition) is 4. The topological polar surface area (TPSA) is 84.2 Å². The first kappa shape index (κ1) is 19.5. The second-order valence-electron chi connectivity index (χ2n) is 6.03. The van der Waals surface area contributed by atoms with Crippen LogP contribution in [0.4, 0.5) is 0 Å². The van der Waals surface area contributed by atoms with Crippen molar-refractivity contribution in [1.29, 1.82) is 0 Å². The number of ether oxygens (including phenoxy) is 2. The van der Waals surface area contributed by atoms with Crippen LogP contribution in [0.5, 0.6) is 0 Å². The highest BCUT2D eigenvalue weighted by atomic mass is 35.5. The number of aromatic nitrogens is 2. The van der Waals surface area contributed by atoms with Crippen molar-refractivity contribution in [2.24, 2.45) is 0 Å². The maximum Gasteiger partial charge on any atom is 0.339 e. The van der Waals surface area contributed by atoms with Crippen molar-refractivity contribution < 1.29 is 19.1 Å². The molecule has 0 spiro atoms. The van der Waals surface area contributed by atoms with Crippen LogP contribution in [0.25, 0.3) is 21.8 Å². The van der Waals surface area contributed by atoms with E-state index in [2.05, 4.69) is 14.7 Å². The third kappa shape index (κ3) is 3.59. The molecule has 0 saturated heterocycles. The van der Waals surface area contributed by atoms with Crippen molar-refractivity contribution in [2.75, 3.05) is 14.2 Å². The van der Waals surface area contributed by atoms with Gasteiger partial charge < -0.3 is 19.4 Å². The number of carbonyl (C=O) groups is 2. The van der Waals surface area contributed by atoms with Crippen molar-refractivity contribution in [1.82, 2.24) is 9.97 Å². The van der Waals surface area contributed by atoms with Gasteiger partial charge in [0.25, 0.3) is 0 Å². The van der Waals surface area contributed by atoms with Gasteiger partial charge in [0.1, 0.15) is 0 Å². The summed E-state index contributed by atoms with van der Waals surface area (Å²) in [5, 5.41) is 2.32. The largest absolute Gasteiger partial charge is 0.465 e. The van der Waals surface area contributed by atoms with Gasteiger partial charge in [0.15, 0.2) is 0 Å². The SMILES string of the molecule is COC(=O)c1ccc2[nH]ccc2c1C.COC(=O)c1ccc2[nH]ccc2c1Cl. The number of halogens is 1. The van der Waals surface area contributed by atoms with Gasteiger partial charge in [-0.1, -0.05) is 11.6 Å². The highest BCUT2D eigenvalue weighted by Crippen LogP contribution is 2.27. The first-order valence-electron chi connectivity index (χ1n) is 8.46. The lowest BCUT2D eigenvalue weighted by Crippen LogP contribution is -2.03. The molecule has 0 aliphatic rings. The van der Waals surface area contributed by atoms with Crippen molar-refractivity contribution >= 4 is 45.3 Å².